The Morgan fingerprint density at radius 2 is 2.00 bits per heavy atom. The van der Waals surface area contributed by atoms with E-state index in [9.17, 15) is 8.42 Å². The molecule has 0 saturated heterocycles. The highest BCUT2D eigenvalue weighted by Gasteiger charge is 2.26. The van der Waals surface area contributed by atoms with Crippen LogP contribution < -0.4 is 4.31 Å². The number of rotatable bonds is 5. The Morgan fingerprint density at radius 3 is 2.60 bits per heavy atom. The van der Waals surface area contributed by atoms with Crippen molar-refractivity contribution in [3.05, 3.63) is 59.5 Å². The highest BCUT2D eigenvalue weighted by molar-refractivity contribution is 7.94. The highest BCUT2D eigenvalue weighted by Crippen LogP contribution is 2.30. The van der Waals surface area contributed by atoms with E-state index in [4.69, 9.17) is 0 Å². The average Bonchev–Trinajstić information content (AvgIpc) is 2.94. The van der Waals surface area contributed by atoms with E-state index in [0.29, 0.717) is 9.90 Å². The van der Waals surface area contributed by atoms with Gasteiger partial charge in [0.1, 0.15) is 4.21 Å². The summed E-state index contributed by atoms with van der Waals surface area (Å²) in [7, 11) is -3.53. The van der Waals surface area contributed by atoms with Gasteiger partial charge in [-0.05, 0) is 42.5 Å². The third kappa shape index (κ3) is 2.64. The van der Waals surface area contributed by atoms with E-state index in [1.807, 2.05) is 32.0 Å². The lowest BCUT2D eigenvalue weighted by atomic mass is 10.1. The number of hydrogen-bond acceptors (Lipinski definition) is 3. The predicted molar refractivity (Wildman–Crippen MR) is 85.0 cm³/mol. The van der Waals surface area contributed by atoms with Gasteiger partial charge in [-0.25, -0.2) is 8.42 Å². The van der Waals surface area contributed by atoms with Gasteiger partial charge in [0.15, 0.2) is 0 Å². The zero-order valence-corrected chi connectivity index (χ0v) is 13.2. The number of sulfonamides is 1. The van der Waals surface area contributed by atoms with Gasteiger partial charge in [0.2, 0.25) is 0 Å². The van der Waals surface area contributed by atoms with Crippen molar-refractivity contribution >= 4 is 27.0 Å². The van der Waals surface area contributed by atoms with Crippen molar-refractivity contribution in [3.8, 4) is 0 Å². The normalized spacial score (nSPS) is 11.3. The monoisotopic (exact) mass is 307 g/mol. The van der Waals surface area contributed by atoms with Crippen LogP contribution >= 0.6 is 11.3 Å². The molecular weight excluding hydrogens is 290 g/mol. The molecule has 0 aliphatic rings. The summed E-state index contributed by atoms with van der Waals surface area (Å²) in [5.41, 5.74) is 2.74. The van der Waals surface area contributed by atoms with E-state index in [1.165, 1.54) is 15.6 Å². The van der Waals surface area contributed by atoms with Gasteiger partial charge in [-0.2, -0.15) is 0 Å². The molecular formula is C15H17NO2S2. The molecule has 2 aromatic rings. The van der Waals surface area contributed by atoms with Crippen LogP contribution in [0.25, 0.3) is 0 Å². The van der Waals surface area contributed by atoms with Crippen molar-refractivity contribution in [3.63, 3.8) is 0 Å². The standard InChI is InChI=1S/C15H17NO2S2/c1-4-10-16(14-8-5-7-12(2)13(14)3)20(17,18)15-9-6-11-19-15/h4-9,11H,1,10H2,2-3H3. The number of anilines is 1. The molecule has 0 radical (unpaired) electrons. The van der Waals surface area contributed by atoms with Crippen LogP contribution in [0.3, 0.4) is 0 Å². The van der Waals surface area contributed by atoms with Gasteiger partial charge in [0, 0.05) is 0 Å². The first-order chi connectivity index (χ1) is 9.48. The van der Waals surface area contributed by atoms with Crippen molar-refractivity contribution in [1.29, 1.82) is 0 Å². The van der Waals surface area contributed by atoms with E-state index < -0.39 is 10.0 Å². The topological polar surface area (TPSA) is 37.4 Å². The Hall–Kier alpha value is -1.59. The molecule has 3 nitrogen and oxygen atoms in total. The lowest BCUT2D eigenvalue weighted by Crippen LogP contribution is -2.31. The first-order valence-electron chi connectivity index (χ1n) is 6.22. The molecule has 1 aromatic carbocycles. The maximum Gasteiger partial charge on any atom is 0.274 e. The van der Waals surface area contributed by atoms with Crippen molar-refractivity contribution in [2.75, 3.05) is 10.8 Å². The van der Waals surface area contributed by atoms with Gasteiger partial charge < -0.3 is 0 Å². The van der Waals surface area contributed by atoms with Gasteiger partial charge in [-0.15, -0.1) is 17.9 Å². The molecule has 0 fully saturated rings. The molecule has 5 heteroatoms. The zero-order valence-electron chi connectivity index (χ0n) is 11.5. The number of benzene rings is 1. The molecule has 0 aliphatic carbocycles. The smallest absolute Gasteiger partial charge is 0.262 e. The average molecular weight is 307 g/mol. The van der Waals surface area contributed by atoms with E-state index >= 15 is 0 Å². The van der Waals surface area contributed by atoms with Gasteiger partial charge in [0.05, 0.1) is 12.2 Å². The minimum Gasteiger partial charge on any atom is -0.262 e. The fraction of sp³-hybridized carbons (Fsp3) is 0.200. The van der Waals surface area contributed by atoms with Crippen molar-refractivity contribution in [1.82, 2.24) is 0 Å². The van der Waals surface area contributed by atoms with Crippen molar-refractivity contribution < 1.29 is 8.42 Å². The van der Waals surface area contributed by atoms with Crippen LogP contribution in [0.5, 0.6) is 0 Å². The van der Waals surface area contributed by atoms with Crippen LogP contribution in [0.1, 0.15) is 11.1 Å². The fourth-order valence-electron chi connectivity index (χ4n) is 1.97. The quantitative estimate of drug-likeness (QED) is 0.789. The summed E-state index contributed by atoms with van der Waals surface area (Å²) in [5.74, 6) is 0. The number of thiophene rings is 1. The molecule has 1 aromatic heterocycles. The summed E-state index contributed by atoms with van der Waals surface area (Å²) in [6.07, 6.45) is 1.60. The van der Waals surface area contributed by atoms with E-state index in [-0.39, 0.29) is 6.54 Å². The minimum atomic E-state index is -3.53. The maximum absolute atomic E-state index is 12.7. The number of aryl methyl sites for hydroxylation is 1. The summed E-state index contributed by atoms with van der Waals surface area (Å²) in [4.78, 5) is 0. The predicted octanol–water partition coefficient (Wildman–Crippen LogP) is 3.75. The summed E-state index contributed by atoms with van der Waals surface area (Å²) in [6, 6.07) is 9.05. The molecule has 0 N–H and O–H groups in total. The Bertz CT molecular complexity index is 703. The van der Waals surface area contributed by atoms with Crippen LogP contribution in [0.4, 0.5) is 5.69 Å². The molecule has 0 aliphatic heterocycles. The molecule has 0 atom stereocenters. The molecule has 2 rings (SSSR count). The maximum atomic E-state index is 12.7. The molecule has 1 heterocycles. The number of hydrogen-bond donors (Lipinski definition) is 0. The SMILES string of the molecule is C=CCN(c1cccc(C)c1C)S(=O)(=O)c1cccs1. The molecule has 106 valence electrons. The van der Waals surface area contributed by atoms with E-state index in [0.717, 1.165) is 11.1 Å². The summed E-state index contributed by atoms with van der Waals surface area (Å²) in [6.45, 7) is 7.83. The van der Waals surface area contributed by atoms with Gasteiger partial charge >= 0.3 is 0 Å². The molecule has 0 unspecified atom stereocenters. The first-order valence-corrected chi connectivity index (χ1v) is 8.54. The highest BCUT2D eigenvalue weighted by atomic mass is 32.2. The Labute approximate surface area is 124 Å². The van der Waals surface area contributed by atoms with Crippen molar-refractivity contribution in [2.45, 2.75) is 18.1 Å². The van der Waals surface area contributed by atoms with Crippen LogP contribution in [0, 0.1) is 13.8 Å². The third-order valence-electron chi connectivity index (χ3n) is 3.18. The lowest BCUT2D eigenvalue weighted by Gasteiger charge is -2.24. The third-order valence-corrected chi connectivity index (χ3v) is 6.33. The largest absolute Gasteiger partial charge is 0.274 e. The van der Waals surface area contributed by atoms with Gasteiger partial charge in [0.25, 0.3) is 10.0 Å². The van der Waals surface area contributed by atoms with Crippen LogP contribution in [-0.4, -0.2) is 15.0 Å². The van der Waals surface area contributed by atoms with E-state index in [1.54, 1.807) is 23.6 Å². The number of nitrogens with zero attached hydrogens (tertiary/aromatic N) is 1. The summed E-state index contributed by atoms with van der Waals surface area (Å²) < 4.78 is 27.2. The second kappa shape index (κ2) is 5.81. The second-order valence-electron chi connectivity index (χ2n) is 4.48. The Morgan fingerprint density at radius 1 is 1.25 bits per heavy atom. The fourth-order valence-corrected chi connectivity index (χ4v) is 4.57. The van der Waals surface area contributed by atoms with E-state index in [2.05, 4.69) is 6.58 Å². The summed E-state index contributed by atoms with van der Waals surface area (Å²) >= 11 is 1.22. The molecule has 0 saturated carbocycles. The summed E-state index contributed by atoms with van der Waals surface area (Å²) in [5, 5.41) is 1.77. The van der Waals surface area contributed by atoms with Crippen molar-refractivity contribution in [2.24, 2.45) is 0 Å². The molecule has 20 heavy (non-hydrogen) atoms. The molecule has 0 bridgehead atoms. The van der Waals surface area contributed by atoms with Crippen LogP contribution in [0.2, 0.25) is 0 Å². The van der Waals surface area contributed by atoms with Gasteiger partial charge in [-0.3, -0.25) is 4.31 Å². The van der Waals surface area contributed by atoms with Gasteiger partial charge in [-0.1, -0.05) is 24.3 Å². The minimum absolute atomic E-state index is 0.254. The lowest BCUT2D eigenvalue weighted by molar-refractivity contribution is 0.595. The zero-order chi connectivity index (χ0) is 14.8. The van der Waals surface area contributed by atoms with Crippen LogP contribution in [0.15, 0.2) is 52.6 Å². The first kappa shape index (κ1) is 14.8. The second-order valence-corrected chi connectivity index (χ2v) is 7.51. The van der Waals surface area contributed by atoms with Crippen LogP contribution in [-0.2, 0) is 10.0 Å². The Kier molecular flexibility index (Phi) is 4.30. The molecule has 0 amide bonds. The molecule has 0 spiro atoms. The Balaban J connectivity index is 2.58.